The first-order valence-corrected chi connectivity index (χ1v) is 14.8. The second-order valence-corrected chi connectivity index (χ2v) is 12.3. The Morgan fingerprint density at radius 2 is 1.45 bits per heavy atom. The third-order valence-electron chi connectivity index (χ3n) is 8.39. The monoisotopic (exact) mass is 582 g/mol. The number of nitro groups is 1. The second kappa shape index (κ2) is 11.3. The van der Waals surface area contributed by atoms with E-state index in [2.05, 4.69) is 78.3 Å². The fourth-order valence-corrected chi connectivity index (χ4v) is 8.44. The van der Waals surface area contributed by atoms with Crippen LogP contribution < -0.4 is 5.48 Å². The van der Waals surface area contributed by atoms with E-state index in [1.165, 1.54) is 12.1 Å². The Balaban J connectivity index is 1.43. The van der Waals surface area contributed by atoms with E-state index >= 15 is 0 Å². The van der Waals surface area contributed by atoms with Crippen molar-refractivity contribution >= 4 is 23.5 Å². The van der Waals surface area contributed by atoms with Gasteiger partial charge in [-0.25, -0.2) is 5.48 Å². The third kappa shape index (κ3) is 4.68. The lowest BCUT2D eigenvalue weighted by atomic mass is 9.84. The lowest BCUT2D eigenvalue weighted by Crippen LogP contribution is -2.77. The molecule has 1 N–H and O–H groups in total. The molecule has 214 valence electrons. The summed E-state index contributed by atoms with van der Waals surface area (Å²) in [4.78, 5) is 30.0. The largest absolute Gasteiger partial charge is 0.524 e. The van der Waals surface area contributed by atoms with Crippen LogP contribution in [0.2, 0.25) is 0 Å². The Hall–Kier alpha value is -4.02. The standard InChI is InChI=1S/C33H32N3O5S/c1-34-40-24-32-21-30(23-36(32,31(37)41-32)22-25-17-19-29(20-18-25)35(38)39)42-33(26-11-5-2-6-12-26,27-13-7-3-8-14-27)28-15-9-4-10-16-28/h2-20,30,34H,21-24H2,1H3/q+1/t30-,32?,36?/m0/s1. The average molecular weight is 583 g/mol. The Morgan fingerprint density at radius 1 is 0.929 bits per heavy atom. The fourth-order valence-electron chi connectivity index (χ4n) is 6.45. The van der Waals surface area contributed by atoms with Gasteiger partial charge in [0.1, 0.15) is 13.1 Å². The number of ether oxygens (including phenoxy) is 1. The molecule has 8 nitrogen and oxygen atoms in total. The highest BCUT2D eigenvalue weighted by Crippen LogP contribution is 2.58. The highest BCUT2D eigenvalue weighted by molar-refractivity contribution is 8.01. The van der Waals surface area contributed by atoms with Crippen molar-refractivity contribution in [2.45, 2.75) is 28.7 Å². The summed E-state index contributed by atoms with van der Waals surface area (Å²) < 4.78 is 5.52. The van der Waals surface area contributed by atoms with Gasteiger partial charge in [-0.15, -0.1) is 11.8 Å². The molecule has 2 aliphatic rings. The highest BCUT2D eigenvalue weighted by atomic mass is 32.2. The molecule has 0 bridgehead atoms. The molecule has 2 unspecified atom stereocenters. The number of nitrogens with one attached hydrogen (secondary N) is 1. The van der Waals surface area contributed by atoms with Crippen LogP contribution in [0.25, 0.3) is 0 Å². The number of hydrogen-bond acceptors (Lipinski definition) is 7. The van der Waals surface area contributed by atoms with E-state index in [0.29, 0.717) is 19.5 Å². The van der Waals surface area contributed by atoms with Crippen LogP contribution in [-0.4, -0.2) is 46.7 Å². The molecule has 4 aromatic carbocycles. The second-order valence-electron chi connectivity index (χ2n) is 10.8. The van der Waals surface area contributed by atoms with Gasteiger partial charge in [0, 0.05) is 24.7 Å². The fraction of sp³-hybridized carbons (Fsp3) is 0.242. The van der Waals surface area contributed by atoms with Crippen molar-refractivity contribution in [3.8, 4) is 0 Å². The van der Waals surface area contributed by atoms with Crippen LogP contribution in [0.15, 0.2) is 115 Å². The van der Waals surface area contributed by atoms with Crippen molar-refractivity contribution in [3.05, 3.63) is 148 Å². The predicted molar refractivity (Wildman–Crippen MR) is 161 cm³/mol. The van der Waals surface area contributed by atoms with E-state index in [4.69, 9.17) is 9.57 Å². The zero-order valence-electron chi connectivity index (χ0n) is 23.2. The molecule has 0 radical (unpaired) electrons. The van der Waals surface area contributed by atoms with Crippen LogP contribution in [-0.2, 0) is 20.9 Å². The molecular weight excluding hydrogens is 550 g/mol. The van der Waals surface area contributed by atoms with Crippen LogP contribution in [0.1, 0.15) is 28.7 Å². The highest BCUT2D eigenvalue weighted by Gasteiger charge is 2.76. The molecular formula is C33H32N3O5S+. The number of thioether (sulfide) groups is 1. The Bertz CT molecular complexity index is 1460. The average Bonchev–Trinajstić information content (AvgIpc) is 3.27. The lowest BCUT2D eigenvalue weighted by Gasteiger charge is -2.51. The number of rotatable bonds is 11. The summed E-state index contributed by atoms with van der Waals surface area (Å²) in [5, 5.41) is 11.2. The molecule has 0 aromatic heterocycles. The van der Waals surface area contributed by atoms with Gasteiger partial charge in [0.25, 0.3) is 11.4 Å². The molecule has 2 heterocycles. The molecule has 4 aromatic rings. The van der Waals surface area contributed by atoms with E-state index in [9.17, 15) is 14.9 Å². The minimum absolute atomic E-state index is 0.00979. The summed E-state index contributed by atoms with van der Waals surface area (Å²) in [5.41, 5.74) is 6.16. The maximum absolute atomic E-state index is 13.5. The van der Waals surface area contributed by atoms with Gasteiger partial charge in [-0.3, -0.25) is 15.0 Å². The zero-order chi connectivity index (χ0) is 29.2. The lowest BCUT2D eigenvalue weighted by molar-refractivity contribution is -0.981. The van der Waals surface area contributed by atoms with Gasteiger partial charge in [-0.05, 0) is 28.8 Å². The van der Waals surface area contributed by atoms with Crippen LogP contribution in [0, 0.1) is 10.1 Å². The number of nitro benzene ring substituents is 1. The first-order chi connectivity index (χ1) is 20.4. The molecule has 9 heteroatoms. The van der Waals surface area contributed by atoms with Gasteiger partial charge < -0.3 is 4.74 Å². The van der Waals surface area contributed by atoms with E-state index in [1.54, 1.807) is 19.2 Å². The Morgan fingerprint density at radius 3 is 1.90 bits per heavy atom. The summed E-state index contributed by atoms with van der Waals surface area (Å²) in [6.07, 6.45) is 0.285. The Labute approximate surface area is 249 Å². The van der Waals surface area contributed by atoms with E-state index in [1.807, 2.05) is 30.0 Å². The minimum atomic E-state index is -0.880. The molecule has 2 fully saturated rings. The van der Waals surface area contributed by atoms with Crippen molar-refractivity contribution in [1.29, 1.82) is 0 Å². The maximum atomic E-state index is 13.5. The van der Waals surface area contributed by atoms with Gasteiger partial charge in [0.2, 0.25) is 0 Å². The molecule has 0 saturated carbocycles. The molecule has 0 spiro atoms. The van der Waals surface area contributed by atoms with Crippen LogP contribution in [0.4, 0.5) is 10.5 Å². The van der Waals surface area contributed by atoms with Gasteiger partial charge >= 0.3 is 6.09 Å². The number of non-ortho nitro benzene ring substituents is 1. The van der Waals surface area contributed by atoms with E-state index in [0.717, 1.165) is 22.3 Å². The number of nitrogens with zero attached hydrogens (tertiary/aromatic N) is 2. The first kappa shape index (κ1) is 28.1. The van der Waals surface area contributed by atoms with Crippen LogP contribution >= 0.6 is 11.8 Å². The number of carbonyl (C=O) groups excluding carboxylic acids is 1. The van der Waals surface area contributed by atoms with Crippen molar-refractivity contribution in [1.82, 2.24) is 5.48 Å². The number of fused-ring (bicyclic) bond motifs is 1. The van der Waals surface area contributed by atoms with Gasteiger partial charge in [0.05, 0.1) is 21.3 Å². The first-order valence-electron chi connectivity index (χ1n) is 13.9. The summed E-state index contributed by atoms with van der Waals surface area (Å²) in [5.74, 6) is 0. The number of carbonyl (C=O) groups is 1. The number of quaternary nitrogens is 1. The van der Waals surface area contributed by atoms with Crippen molar-refractivity contribution < 1.29 is 23.8 Å². The summed E-state index contributed by atoms with van der Waals surface area (Å²) in [7, 11) is 1.69. The van der Waals surface area contributed by atoms with Crippen molar-refractivity contribution in [2.24, 2.45) is 0 Å². The Kier molecular flexibility index (Phi) is 7.59. The van der Waals surface area contributed by atoms with Gasteiger partial charge in [-0.1, -0.05) is 91.0 Å². The summed E-state index contributed by atoms with van der Waals surface area (Å²) in [6, 6.07) is 37.9. The zero-order valence-corrected chi connectivity index (χ0v) is 24.0. The normalized spacial score (nSPS) is 23.1. The van der Waals surface area contributed by atoms with Crippen molar-refractivity contribution in [2.75, 3.05) is 20.2 Å². The van der Waals surface area contributed by atoms with E-state index < -0.39 is 15.4 Å². The van der Waals surface area contributed by atoms with Gasteiger partial charge in [0.15, 0.2) is 6.61 Å². The minimum Gasteiger partial charge on any atom is -0.361 e. The van der Waals surface area contributed by atoms with E-state index in [-0.39, 0.29) is 28.1 Å². The molecule has 1 amide bonds. The topological polar surface area (TPSA) is 90.7 Å². The molecule has 0 aliphatic carbocycles. The van der Waals surface area contributed by atoms with Gasteiger partial charge in [-0.2, -0.15) is 9.28 Å². The van der Waals surface area contributed by atoms with Crippen LogP contribution in [0.5, 0.6) is 0 Å². The third-order valence-corrected chi connectivity index (χ3v) is 10.1. The number of hydrogen-bond donors (Lipinski definition) is 1. The molecule has 2 saturated heterocycles. The molecule has 2 aliphatic heterocycles. The molecule has 3 atom stereocenters. The SMILES string of the molecule is CNOCC12C[C@H](SC(c3ccccc3)(c3ccccc3)c3ccccc3)C[N+]1(Cc1ccc([N+](=O)[O-])cc1)C(=O)O2. The smallest absolute Gasteiger partial charge is 0.361 e. The number of hydroxylamine groups is 1. The van der Waals surface area contributed by atoms with Crippen molar-refractivity contribution in [3.63, 3.8) is 0 Å². The maximum Gasteiger partial charge on any atom is 0.524 e. The summed E-state index contributed by atoms with van der Waals surface area (Å²) >= 11 is 1.84. The molecule has 42 heavy (non-hydrogen) atoms. The predicted octanol–water partition coefficient (Wildman–Crippen LogP) is 6.41. The summed E-state index contributed by atoms with van der Waals surface area (Å²) in [6.45, 7) is 1.08. The van der Waals surface area contributed by atoms with Crippen LogP contribution in [0.3, 0.4) is 0 Å². The quantitative estimate of drug-likeness (QED) is 0.0946. The number of amides is 1. The molecule has 6 rings (SSSR count). The number of benzene rings is 4.